The molecule has 1 fully saturated rings. The van der Waals surface area contributed by atoms with Crippen LogP contribution in [-0.4, -0.2) is 43.3 Å². The molecule has 1 unspecified atom stereocenters. The topological polar surface area (TPSA) is 70.7 Å². The van der Waals surface area contributed by atoms with Gasteiger partial charge in [-0.25, -0.2) is 9.59 Å². The molecular weight excluding hydrogens is 306 g/mol. The minimum absolute atomic E-state index is 0.173. The molecule has 3 amide bonds. The van der Waals surface area contributed by atoms with E-state index in [2.05, 4.69) is 36.6 Å². The van der Waals surface area contributed by atoms with E-state index in [-0.39, 0.29) is 18.0 Å². The minimum atomic E-state index is -0.267. The molecule has 2 rings (SSSR count). The third-order valence-electron chi connectivity index (χ3n) is 4.09. The number of amides is 3. The van der Waals surface area contributed by atoms with Crippen molar-refractivity contribution in [2.45, 2.75) is 33.2 Å². The van der Waals surface area contributed by atoms with E-state index in [1.165, 1.54) is 5.56 Å². The van der Waals surface area contributed by atoms with Crippen molar-refractivity contribution in [1.82, 2.24) is 15.5 Å². The molecule has 0 spiro atoms. The number of cyclic esters (lactones) is 1. The molecule has 1 aliphatic rings. The van der Waals surface area contributed by atoms with Crippen molar-refractivity contribution in [2.75, 3.05) is 26.2 Å². The smallest absolute Gasteiger partial charge is 0.409 e. The average molecular weight is 333 g/mol. The fraction of sp³-hybridized carbons (Fsp3) is 0.556. The Bertz CT molecular complexity index is 557. The molecule has 0 saturated carbocycles. The van der Waals surface area contributed by atoms with Gasteiger partial charge in [-0.1, -0.05) is 45.0 Å². The van der Waals surface area contributed by atoms with Gasteiger partial charge >= 0.3 is 12.1 Å². The molecule has 132 valence electrons. The largest absolute Gasteiger partial charge is 0.448 e. The van der Waals surface area contributed by atoms with Crippen LogP contribution in [0.4, 0.5) is 9.59 Å². The number of nitrogens with one attached hydrogen (secondary N) is 2. The van der Waals surface area contributed by atoms with Crippen molar-refractivity contribution >= 4 is 12.1 Å². The molecule has 1 atom stereocenters. The lowest BCUT2D eigenvalue weighted by atomic mass is 10.0. The SMILES string of the molecule is CC(CNC(=O)NCc1ccc(C(C)C)cc1)CN1CCOC1=O. The maximum Gasteiger partial charge on any atom is 0.409 e. The molecule has 0 aromatic heterocycles. The Morgan fingerprint density at radius 2 is 1.92 bits per heavy atom. The van der Waals surface area contributed by atoms with Crippen LogP contribution in [0.5, 0.6) is 0 Å². The molecule has 24 heavy (non-hydrogen) atoms. The number of hydrogen-bond donors (Lipinski definition) is 2. The molecule has 0 radical (unpaired) electrons. The third-order valence-corrected chi connectivity index (χ3v) is 4.09. The second-order valence-electron chi connectivity index (χ2n) is 6.63. The number of rotatable bonds is 7. The summed E-state index contributed by atoms with van der Waals surface area (Å²) in [5.41, 5.74) is 2.36. The van der Waals surface area contributed by atoms with Crippen LogP contribution in [0.1, 0.15) is 37.8 Å². The van der Waals surface area contributed by atoms with E-state index in [0.29, 0.717) is 38.7 Å². The molecule has 2 N–H and O–H groups in total. The normalized spacial score (nSPS) is 15.3. The van der Waals surface area contributed by atoms with Gasteiger partial charge in [-0.2, -0.15) is 0 Å². The second-order valence-corrected chi connectivity index (χ2v) is 6.63. The molecule has 1 aromatic rings. The standard InChI is InChI=1S/C18H27N3O3/c1-13(2)16-6-4-15(5-7-16)11-20-17(22)19-10-14(3)12-21-8-9-24-18(21)23/h4-7,13-14H,8-12H2,1-3H3,(H2,19,20,22). The van der Waals surface area contributed by atoms with Gasteiger partial charge in [0.25, 0.3) is 0 Å². The van der Waals surface area contributed by atoms with E-state index in [1.807, 2.05) is 19.1 Å². The highest BCUT2D eigenvalue weighted by Gasteiger charge is 2.23. The van der Waals surface area contributed by atoms with Crippen LogP contribution >= 0.6 is 0 Å². The Hall–Kier alpha value is -2.24. The zero-order valence-corrected chi connectivity index (χ0v) is 14.7. The molecule has 0 bridgehead atoms. The second kappa shape index (κ2) is 8.57. The van der Waals surface area contributed by atoms with Gasteiger partial charge < -0.3 is 20.3 Å². The fourth-order valence-corrected chi connectivity index (χ4v) is 2.56. The minimum Gasteiger partial charge on any atom is -0.448 e. The van der Waals surface area contributed by atoms with Gasteiger partial charge in [-0.15, -0.1) is 0 Å². The Morgan fingerprint density at radius 3 is 2.50 bits per heavy atom. The van der Waals surface area contributed by atoms with Gasteiger partial charge in [-0.3, -0.25) is 0 Å². The van der Waals surface area contributed by atoms with Crippen molar-refractivity contribution in [2.24, 2.45) is 5.92 Å². The molecule has 1 heterocycles. The van der Waals surface area contributed by atoms with Gasteiger partial charge in [0.15, 0.2) is 0 Å². The summed E-state index contributed by atoms with van der Waals surface area (Å²) >= 11 is 0. The molecule has 1 aliphatic heterocycles. The molecular formula is C18H27N3O3. The highest BCUT2D eigenvalue weighted by Crippen LogP contribution is 2.14. The molecule has 1 saturated heterocycles. The van der Waals surface area contributed by atoms with Crippen LogP contribution in [0.25, 0.3) is 0 Å². The summed E-state index contributed by atoms with van der Waals surface area (Å²) < 4.78 is 4.89. The van der Waals surface area contributed by atoms with Gasteiger partial charge in [0.2, 0.25) is 0 Å². The number of urea groups is 1. The Labute approximate surface area is 143 Å². The number of carbonyl (C=O) groups excluding carboxylic acids is 2. The average Bonchev–Trinajstić information content (AvgIpc) is 2.96. The molecule has 1 aromatic carbocycles. The Kier molecular flexibility index (Phi) is 6.46. The first-order chi connectivity index (χ1) is 11.5. The van der Waals surface area contributed by atoms with E-state index in [1.54, 1.807) is 4.90 Å². The molecule has 6 nitrogen and oxygen atoms in total. The van der Waals surface area contributed by atoms with Crippen LogP contribution in [-0.2, 0) is 11.3 Å². The van der Waals surface area contributed by atoms with E-state index in [9.17, 15) is 9.59 Å². The summed E-state index contributed by atoms with van der Waals surface area (Å²) in [6.45, 7) is 9.00. The van der Waals surface area contributed by atoms with Gasteiger partial charge in [-0.05, 0) is 23.0 Å². The third kappa shape index (κ3) is 5.44. The summed E-state index contributed by atoms with van der Waals surface area (Å²) in [4.78, 5) is 24.9. The Morgan fingerprint density at radius 1 is 1.21 bits per heavy atom. The summed E-state index contributed by atoms with van der Waals surface area (Å²) in [7, 11) is 0. The maximum atomic E-state index is 11.9. The van der Waals surface area contributed by atoms with Crippen molar-refractivity contribution in [3.63, 3.8) is 0 Å². The van der Waals surface area contributed by atoms with E-state index in [4.69, 9.17) is 4.74 Å². The van der Waals surface area contributed by atoms with Crippen molar-refractivity contribution in [1.29, 1.82) is 0 Å². The van der Waals surface area contributed by atoms with E-state index < -0.39 is 0 Å². The van der Waals surface area contributed by atoms with Gasteiger partial charge in [0.05, 0.1) is 6.54 Å². The van der Waals surface area contributed by atoms with Crippen LogP contribution in [0.15, 0.2) is 24.3 Å². The predicted octanol–water partition coefficient (Wildman–Crippen LogP) is 2.70. The lowest BCUT2D eigenvalue weighted by Crippen LogP contribution is -2.40. The first kappa shape index (κ1) is 18.1. The van der Waals surface area contributed by atoms with Crippen molar-refractivity contribution in [3.05, 3.63) is 35.4 Å². The zero-order chi connectivity index (χ0) is 17.5. The highest BCUT2D eigenvalue weighted by atomic mass is 16.6. The number of benzene rings is 1. The summed E-state index contributed by atoms with van der Waals surface area (Å²) in [6.07, 6.45) is -0.267. The maximum absolute atomic E-state index is 11.9. The predicted molar refractivity (Wildman–Crippen MR) is 92.9 cm³/mol. The lowest BCUT2D eigenvalue weighted by Gasteiger charge is -2.19. The van der Waals surface area contributed by atoms with Gasteiger partial charge in [0, 0.05) is 19.6 Å². The zero-order valence-electron chi connectivity index (χ0n) is 14.7. The monoisotopic (exact) mass is 333 g/mol. The first-order valence-electron chi connectivity index (χ1n) is 8.48. The number of ether oxygens (including phenoxy) is 1. The summed E-state index contributed by atoms with van der Waals surface area (Å²) in [6, 6.07) is 8.07. The van der Waals surface area contributed by atoms with Gasteiger partial charge in [0.1, 0.15) is 6.61 Å². The molecule has 6 heteroatoms. The highest BCUT2D eigenvalue weighted by molar-refractivity contribution is 5.73. The Balaban J connectivity index is 1.66. The van der Waals surface area contributed by atoms with E-state index in [0.717, 1.165) is 5.56 Å². The van der Waals surface area contributed by atoms with Crippen LogP contribution in [0.2, 0.25) is 0 Å². The number of hydrogen-bond acceptors (Lipinski definition) is 3. The quantitative estimate of drug-likeness (QED) is 0.806. The summed E-state index contributed by atoms with van der Waals surface area (Å²) in [5, 5.41) is 5.69. The van der Waals surface area contributed by atoms with E-state index >= 15 is 0 Å². The lowest BCUT2D eigenvalue weighted by molar-refractivity contribution is 0.155. The molecule has 0 aliphatic carbocycles. The number of nitrogens with zero attached hydrogens (tertiary/aromatic N) is 1. The summed E-state index contributed by atoms with van der Waals surface area (Å²) in [5.74, 6) is 0.677. The van der Waals surface area contributed by atoms with Crippen LogP contribution in [0.3, 0.4) is 0 Å². The number of carbonyl (C=O) groups is 2. The van der Waals surface area contributed by atoms with Crippen LogP contribution in [0, 0.1) is 5.92 Å². The van der Waals surface area contributed by atoms with Crippen LogP contribution < -0.4 is 10.6 Å². The van der Waals surface area contributed by atoms with Crippen molar-refractivity contribution in [3.8, 4) is 0 Å². The first-order valence-corrected chi connectivity index (χ1v) is 8.48. The fourth-order valence-electron chi connectivity index (χ4n) is 2.56. The van der Waals surface area contributed by atoms with Crippen molar-refractivity contribution < 1.29 is 14.3 Å².